The molecule has 2 aromatic carbocycles. The molecule has 1 N–H and O–H groups in total. The summed E-state index contributed by atoms with van der Waals surface area (Å²) in [6.45, 7) is 0. The highest BCUT2D eigenvalue weighted by Crippen LogP contribution is 2.33. The quantitative estimate of drug-likeness (QED) is 0.457. The number of carbonyl (C=O) groups is 1. The Hall–Kier alpha value is -3.34. The van der Waals surface area contributed by atoms with E-state index in [-0.39, 0.29) is 6.07 Å². The summed E-state index contributed by atoms with van der Waals surface area (Å²) in [5, 5.41) is 0. The molecule has 158 valence electrons. The number of ether oxygens (including phenoxy) is 1. The lowest BCUT2D eigenvalue weighted by Gasteiger charge is -2.15. The highest BCUT2D eigenvalue weighted by atomic mass is 32.2. The van der Waals surface area contributed by atoms with E-state index in [4.69, 9.17) is 4.42 Å². The summed E-state index contributed by atoms with van der Waals surface area (Å²) in [6, 6.07) is 8.02. The van der Waals surface area contributed by atoms with Gasteiger partial charge in [0.1, 0.15) is 16.5 Å². The van der Waals surface area contributed by atoms with Gasteiger partial charge in [-0.25, -0.2) is 17.6 Å². The Kier molecular flexibility index (Phi) is 5.57. The highest BCUT2D eigenvalue weighted by Gasteiger charge is 2.34. The van der Waals surface area contributed by atoms with E-state index >= 15 is 0 Å². The monoisotopic (exact) mass is 443 g/mol. The Morgan fingerprint density at radius 2 is 1.83 bits per heavy atom. The third-order valence-electron chi connectivity index (χ3n) is 4.02. The fourth-order valence-corrected chi connectivity index (χ4v) is 3.88. The van der Waals surface area contributed by atoms with Crippen LogP contribution in [0, 0.1) is 5.82 Å². The number of furan rings is 1. The second kappa shape index (κ2) is 7.82. The number of esters is 1. The standard InChI is InChI=1S/C19H13F4NO5S/c1-28-18(25)13-6-5-12(19(21,22)23)10-17(13)30(26,27)24-15-9-11(4-7-14(15)20)16-3-2-8-29-16/h2-10,24H,1H3. The van der Waals surface area contributed by atoms with Gasteiger partial charge in [-0.1, -0.05) is 0 Å². The van der Waals surface area contributed by atoms with Gasteiger partial charge in [-0.3, -0.25) is 4.72 Å². The lowest BCUT2D eigenvalue weighted by atomic mass is 10.1. The number of hydrogen-bond acceptors (Lipinski definition) is 5. The van der Waals surface area contributed by atoms with E-state index in [0.29, 0.717) is 23.5 Å². The van der Waals surface area contributed by atoms with Crippen LogP contribution in [-0.4, -0.2) is 21.5 Å². The van der Waals surface area contributed by atoms with E-state index < -0.39 is 49.7 Å². The fourth-order valence-electron chi connectivity index (χ4n) is 2.60. The van der Waals surface area contributed by atoms with Gasteiger partial charge in [-0.2, -0.15) is 13.2 Å². The second-order valence-electron chi connectivity index (χ2n) is 5.98. The number of sulfonamides is 1. The predicted molar refractivity (Wildman–Crippen MR) is 97.7 cm³/mol. The van der Waals surface area contributed by atoms with E-state index in [1.54, 1.807) is 12.1 Å². The third-order valence-corrected chi connectivity index (χ3v) is 5.43. The van der Waals surface area contributed by atoms with Gasteiger partial charge in [0.15, 0.2) is 0 Å². The van der Waals surface area contributed by atoms with Crippen molar-refractivity contribution in [3.63, 3.8) is 0 Å². The van der Waals surface area contributed by atoms with E-state index in [0.717, 1.165) is 19.2 Å². The summed E-state index contributed by atoms with van der Waals surface area (Å²) >= 11 is 0. The number of benzene rings is 2. The first-order chi connectivity index (χ1) is 14.0. The topological polar surface area (TPSA) is 85.6 Å². The third kappa shape index (κ3) is 4.30. The highest BCUT2D eigenvalue weighted by molar-refractivity contribution is 7.92. The van der Waals surface area contributed by atoms with E-state index in [1.807, 2.05) is 4.72 Å². The predicted octanol–water partition coefficient (Wildman–Crippen LogP) is 4.69. The zero-order chi connectivity index (χ0) is 22.1. The Labute approximate surface area is 168 Å². The number of halogens is 4. The summed E-state index contributed by atoms with van der Waals surface area (Å²) in [5.74, 6) is -1.85. The van der Waals surface area contributed by atoms with E-state index in [2.05, 4.69) is 4.74 Å². The number of alkyl halides is 3. The number of carbonyl (C=O) groups excluding carboxylic acids is 1. The van der Waals surface area contributed by atoms with Gasteiger partial charge in [0.2, 0.25) is 0 Å². The van der Waals surface area contributed by atoms with Crippen LogP contribution in [0.4, 0.5) is 23.2 Å². The molecular weight excluding hydrogens is 430 g/mol. The summed E-state index contributed by atoms with van der Waals surface area (Å²) in [7, 11) is -3.87. The van der Waals surface area contributed by atoms with Gasteiger partial charge in [-0.15, -0.1) is 0 Å². The molecule has 0 aliphatic rings. The van der Waals surface area contributed by atoms with Gasteiger partial charge in [0.25, 0.3) is 10.0 Å². The molecule has 3 rings (SSSR count). The fraction of sp³-hybridized carbons (Fsp3) is 0.105. The average molecular weight is 443 g/mol. The van der Waals surface area contributed by atoms with Crippen molar-refractivity contribution in [2.45, 2.75) is 11.1 Å². The summed E-state index contributed by atoms with van der Waals surface area (Å²) in [5.41, 5.74) is -2.17. The molecule has 6 nitrogen and oxygen atoms in total. The molecule has 0 bridgehead atoms. The van der Waals surface area contributed by atoms with Crippen molar-refractivity contribution in [2.75, 3.05) is 11.8 Å². The first-order valence-electron chi connectivity index (χ1n) is 8.19. The van der Waals surface area contributed by atoms with Crippen LogP contribution in [0.15, 0.2) is 64.1 Å². The van der Waals surface area contributed by atoms with Crippen molar-refractivity contribution in [3.05, 3.63) is 71.7 Å². The van der Waals surface area contributed by atoms with E-state index in [1.165, 1.54) is 12.3 Å². The maximum Gasteiger partial charge on any atom is 0.416 e. The van der Waals surface area contributed by atoms with Crippen molar-refractivity contribution in [3.8, 4) is 11.3 Å². The van der Waals surface area contributed by atoms with Crippen LogP contribution in [-0.2, 0) is 20.9 Å². The minimum atomic E-state index is -4.87. The number of methoxy groups -OCH3 is 1. The molecule has 0 fully saturated rings. The average Bonchev–Trinajstić information content (AvgIpc) is 3.22. The Morgan fingerprint density at radius 3 is 2.43 bits per heavy atom. The molecule has 1 aromatic heterocycles. The first kappa shape index (κ1) is 21.4. The molecule has 0 aliphatic carbocycles. The van der Waals surface area contributed by atoms with Crippen LogP contribution in [0.5, 0.6) is 0 Å². The SMILES string of the molecule is COC(=O)c1ccc(C(F)(F)F)cc1S(=O)(=O)Nc1cc(-c2ccco2)ccc1F. The van der Waals surface area contributed by atoms with Crippen molar-refractivity contribution in [1.82, 2.24) is 0 Å². The molecule has 0 saturated carbocycles. The number of rotatable bonds is 5. The molecule has 0 amide bonds. The van der Waals surface area contributed by atoms with Crippen LogP contribution in [0.25, 0.3) is 11.3 Å². The largest absolute Gasteiger partial charge is 0.465 e. The van der Waals surface area contributed by atoms with Gasteiger partial charge < -0.3 is 9.15 Å². The molecule has 0 atom stereocenters. The van der Waals surface area contributed by atoms with Gasteiger partial charge in [-0.05, 0) is 48.5 Å². The number of anilines is 1. The normalized spacial score (nSPS) is 11.9. The van der Waals surface area contributed by atoms with Crippen LogP contribution >= 0.6 is 0 Å². The molecule has 1 heterocycles. The molecule has 0 radical (unpaired) electrons. The van der Waals surface area contributed by atoms with Crippen LogP contribution in [0.3, 0.4) is 0 Å². The van der Waals surface area contributed by atoms with Gasteiger partial charge in [0, 0.05) is 5.56 Å². The number of hydrogen-bond donors (Lipinski definition) is 1. The minimum Gasteiger partial charge on any atom is -0.465 e. The molecular formula is C19H13F4NO5S. The summed E-state index contributed by atoms with van der Waals surface area (Å²) < 4.78 is 90.5. The molecule has 0 aliphatic heterocycles. The van der Waals surface area contributed by atoms with Gasteiger partial charge >= 0.3 is 12.1 Å². The van der Waals surface area contributed by atoms with Crippen LogP contribution in [0.2, 0.25) is 0 Å². The van der Waals surface area contributed by atoms with Crippen molar-refractivity contribution in [2.24, 2.45) is 0 Å². The molecule has 3 aromatic rings. The maximum absolute atomic E-state index is 14.2. The minimum absolute atomic E-state index is 0.281. The molecule has 30 heavy (non-hydrogen) atoms. The summed E-state index contributed by atoms with van der Waals surface area (Å²) in [4.78, 5) is 10.9. The van der Waals surface area contributed by atoms with Crippen LogP contribution < -0.4 is 4.72 Å². The Morgan fingerprint density at radius 1 is 1.10 bits per heavy atom. The van der Waals surface area contributed by atoms with Crippen molar-refractivity contribution < 1.29 is 39.9 Å². The van der Waals surface area contributed by atoms with Crippen molar-refractivity contribution >= 4 is 21.7 Å². The summed E-state index contributed by atoms with van der Waals surface area (Å²) in [6.07, 6.45) is -3.52. The lowest BCUT2D eigenvalue weighted by Crippen LogP contribution is -2.19. The second-order valence-corrected chi connectivity index (χ2v) is 7.63. The van der Waals surface area contributed by atoms with Gasteiger partial charge in [0.05, 0.1) is 30.2 Å². The van der Waals surface area contributed by atoms with Crippen molar-refractivity contribution in [1.29, 1.82) is 0 Å². The molecule has 0 unspecified atom stereocenters. The van der Waals surface area contributed by atoms with Crippen LogP contribution in [0.1, 0.15) is 15.9 Å². The molecule has 0 saturated heterocycles. The smallest absolute Gasteiger partial charge is 0.416 e. The molecule has 11 heteroatoms. The lowest BCUT2D eigenvalue weighted by molar-refractivity contribution is -0.137. The zero-order valence-corrected chi connectivity index (χ0v) is 16.0. The Bertz CT molecular complexity index is 1190. The maximum atomic E-state index is 14.2. The first-order valence-corrected chi connectivity index (χ1v) is 9.67. The Balaban J connectivity index is 2.10. The molecule has 0 spiro atoms. The number of nitrogens with one attached hydrogen (secondary N) is 1. The van der Waals surface area contributed by atoms with E-state index in [9.17, 15) is 30.8 Å². The zero-order valence-electron chi connectivity index (χ0n) is 15.2.